The Bertz CT molecular complexity index is 357. The molecule has 0 spiro atoms. The van der Waals surface area contributed by atoms with E-state index in [0.717, 1.165) is 38.5 Å². The van der Waals surface area contributed by atoms with E-state index in [1.165, 1.54) is 19.3 Å². The standard InChI is InChI=1S/C20H35NO2/c1-3-4-5-6-7-8-9-10-11-12-13-14-15-16-17-18-20(23)21-19(2)22/h4-5,7-8,10-11,19,22H,3,6,9,12-18H2,1-2H3,(H,21,23)/b5-4-,8-7-,11-10-. The minimum absolute atomic E-state index is 0.0545. The van der Waals surface area contributed by atoms with Gasteiger partial charge in [0.1, 0.15) is 6.23 Å². The molecule has 3 nitrogen and oxygen atoms in total. The van der Waals surface area contributed by atoms with Crippen molar-refractivity contribution in [1.29, 1.82) is 0 Å². The first-order valence-corrected chi connectivity index (χ1v) is 9.09. The maximum atomic E-state index is 11.3. The fourth-order valence-electron chi connectivity index (χ4n) is 2.21. The van der Waals surface area contributed by atoms with Gasteiger partial charge in [0.2, 0.25) is 5.91 Å². The van der Waals surface area contributed by atoms with Crippen molar-refractivity contribution in [3.8, 4) is 0 Å². The molecule has 0 rings (SSSR count). The lowest BCUT2D eigenvalue weighted by atomic mass is 10.1. The van der Waals surface area contributed by atoms with Crippen LogP contribution in [0.4, 0.5) is 0 Å². The molecular weight excluding hydrogens is 286 g/mol. The predicted molar refractivity (Wildman–Crippen MR) is 99.1 cm³/mol. The van der Waals surface area contributed by atoms with Gasteiger partial charge in [0.15, 0.2) is 0 Å². The Morgan fingerprint density at radius 1 is 0.913 bits per heavy atom. The summed E-state index contributed by atoms with van der Waals surface area (Å²) in [5.41, 5.74) is 0. The van der Waals surface area contributed by atoms with Crippen LogP contribution in [0.15, 0.2) is 36.5 Å². The van der Waals surface area contributed by atoms with Gasteiger partial charge in [-0.3, -0.25) is 4.79 Å². The number of allylic oxidation sites excluding steroid dienone is 6. The van der Waals surface area contributed by atoms with Gasteiger partial charge in [0.05, 0.1) is 0 Å². The molecule has 3 heteroatoms. The van der Waals surface area contributed by atoms with Gasteiger partial charge in [0, 0.05) is 6.42 Å². The minimum atomic E-state index is -0.739. The van der Waals surface area contributed by atoms with Crippen LogP contribution in [0.1, 0.15) is 78.1 Å². The summed E-state index contributed by atoms with van der Waals surface area (Å²) in [5, 5.41) is 11.5. The molecule has 0 saturated heterocycles. The zero-order valence-corrected chi connectivity index (χ0v) is 15.0. The van der Waals surface area contributed by atoms with Crippen molar-refractivity contribution in [1.82, 2.24) is 5.32 Å². The molecule has 0 aliphatic rings. The molecule has 23 heavy (non-hydrogen) atoms. The molecule has 0 aromatic heterocycles. The number of hydrogen-bond acceptors (Lipinski definition) is 2. The third-order valence-corrected chi connectivity index (χ3v) is 3.42. The first-order chi connectivity index (χ1) is 11.2. The van der Waals surface area contributed by atoms with Crippen LogP contribution in [-0.4, -0.2) is 17.2 Å². The van der Waals surface area contributed by atoms with Crippen LogP contribution >= 0.6 is 0 Å². The quantitative estimate of drug-likeness (QED) is 0.268. The number of unbranched alkanes of at least 4 members (excludes halogenated alkanes) is 5. The minimum Gasteiger partial charge on any atom is -0.374 e. The molecule has 1 atom stereocenters. The second kappa shape index (κ2) is 17.0. The van der Waals surface area contributed by atoms with Crippen molar-refractivity contribution in [2.75, 3.05) is 0 Å². The van der Waals surface area contributed by atoms with E-state index in [4.69, 9.17) is 5.11 Å². The molecule has 0 heterocycles. The van der Waals surface area contributed by atoms with Crippen LogP contribution in [0.25, 0.3) is 0 Å². The summed E-state index contributed by atoms with van der Waals surface area (Å²) in [7, 11) is 0. The Hall–Kier alpha value is -1.35. The van der Waals surface area contributed by atoms with Crippen molar-refractivity contribution in [3.05, 3.63) is 36.5 Å². The third-order valence-electron chi connectivity index (χ3n) is 3.42. The summed E-state index contributed by atoms with van der Waals surface area (Å²) in [5.74, 6) is -0.0545. The fraction of sp³-hybridized carbons (Fsp3) is 0.650. The topological polar surface area (TPSA) is 49.3 Å². The zero-order chi connectivity index (χ0) is 17.2. The lowest BCUT2D eigenvalue weighted by molar-refractivity contribution is -0.123. The summed E-state index contributed by atoms with van der Waals surface area (Å²) in [6.07, 6.45) is 23.1. The normalized spacial score (nSPS) is 13.3. The first kappa shape index (κ1) is 21.6. The van der Waals surface area contributed by atoms with E-state index >= 15 is 0 Å². The van der Waals surface area contributed by atoms with E-state index in [-0.39, 0.29) is 5.91 Å². The highest BCUT2D eigenvalue weighted by atomic mass is 16.3. The third kappa shape index (κ3) is 18.6. The van der Waals surface area contributed by atoms with Crippen LogP contribution in [0.3, 0.4) is 0 Å². The number of nitrogens with one attached hydrogen (secondary N) is 1. The van der Waals surface area contributed by atoms with E-state index in [1.54, 1.807) is 6.92 Å². The molecule has 2 N–H and O–H groups in total. The van der Waals surface area contributed by atoms with Crippen LogP contribution in [0.2, 0.25) is 0 Å². The van der Waals surface area contributed by atoms with E-state index in [9.17, 15) is 4.79 Å². The number of carbonyl (C=O) groups is 1. The summed E-state index contributed by atoms with van der Waals surface area (Å²) < 4.78 is 0. The molecule has 0 fully saturated rings. The second-order valence-electron chi connectivity index (χ2n) is 5.84. The van der Waals surface area contributed by atoms with E-state index in [2.05, 4.69) is 48.7 Å². The van der Waals surface area contributed by atoms with Gasteiger partial charge in [-0.15, -0.1) is 0 Å². The van der Waals surface area contributed by atoms with E-state index < -0.39 is 6.23 Å². The van der Waals surface area contributed by atoms with Gasteiger partial charge in [-0.1, -0.05) is 62.6 Å². The number of amides is 1. The lowest BCUT2D eigenvalue weighted by Crippen LogP contribution is -2.31. The molecular formula is C20H35NO2. The largest absolute Gasteiger partial charge is 0.374 e. The summed E-state index contributed by atoms with van der Waals surface area (Å²) in [6, 6.07) is 0. The summed E-state index contributed by atoms with van der Waals surface area (Å²) >= 11 is 0. The van der Waals surface area contributed by atoms with Crippen molar-refractivity contribution in [3.63, 3.8) is 0 Å². The second-order valence-corrected chi connectivity index (χ2v) is 5.84. The Kier molecular flexibility index (Phi) is 16.0. The molecule has 0 bridgehead atoms. The lowest BCUT2D eigenvalue weighted by Gasteiger charge is -2.06. The fourth-order valence-corrected chi connectivity index (χ4v) is 2.21. The molecule has 1 unspecified atom stereocenters. The predicted octanol–water partition coefficient (Wildman–Crippen LogP) is 5.03. The van der Waals surface area contributed by atoms with Gasteiger partial charge in [-0.2, -0.15) is 0 Å². The zero-order valence-electron chi connectivity index (χ0n) is 15.0. The Labute approximate surface area is 142 Å². The van der Waals surface area contributed by atoms with Gasteiger partial charge in [-0.05, 0) is 45.4 Å². The smallest absolute Gasteiger partial charge is 0.221 e. The molecule has 0 aliphatic heterocycles. The number of aliphatic hydroxyl groups is 1. The summed E-state index contributed by atoms with van der Waals surface area (Å²) in [6.45, 7) is 3.71. The number of carbonyl (C=O) groups excluding carboxylic acids is 1. The Morgan fingerprint density at radius 2 is 1.48 bits per heavy atom. The molecule has 0 aromatic rings. The van der Waals surface area contributed by atoms with Gasteiger partial charge >= 0.3 is 0 Å². The number of rotatable bonds is 14. The summed E-state index contributed by atoms with van der Waals surface area (Å²) in [4.78, 5) is 11.3. The number of aliphatic hydroxyl groups excluding tert-OH is 1. The SMILES string of the molecule is CC/C=C\C/C=C\C/C=C\CCCCCCCC(=O)NC(C)O. The highest BCUT2D eigenvalue weighted by molar-refractivity contribution is 5.75. The average Bonchev–Trinajstić information content (AvgIpc) is 2.50. The first-order valence-electron chi connectivity index (χ1n) is 9.09. The average molecular weight is 322 g/mol. The van der Waals surface area contributed by atoms with Crippen LogP contribution in [-0.2, 0) is 4.79 Å². The maximum Gasteiger partial charge on any atom is 0.221 e. The highest BCUT2D eigenvalue weighted by Crippen LogP contribution is 2.08. The molecule has 0 saturated carbocycles. The maximum absolute atomic E-state index is 11.3. The Balaban J connectivity index is 3.31. The number of hydrogen-bond donors (Lipinski definition) is 2. The van der Waals surface area contributed by atoms with E-state index in [0.29, 0.717) is 6.42 Å². The van der Waals surface area contributed by atoms with Crippen molar-refractivity contribution < 1.29 is 9.90 Å². The molecule has 0 aliphatic carbocycles. The molecule has 0 radical (unpaired) electrons. The van der Waals surface area contributed by atoms with Crippen molar-refractivity contribution in [2.24, 2.45) is 0 Å². The van der Waals surface area contributed by atoms with Gasteiger partial charge in [-0.25, -0.2) is 0 Å². The highest BCUT2D eigenvalue weighted by Gasteiger charge is 2.02. The van der Waals surface area contributed by atoms with Crippen molar-refractivity contribution in [2.45, 2.75) is 84.3 Å². The Morgan fingerprint density at radius 3 is 2.13 bits per heavy atom. The monoisotopic (exact) mass is 321 g/mol. The van der Waals surface area contributed by atoms with Crippen LogP contribution < -0.4 is 5.32 Å². The van der Waals surface area contributed by atoms with E-state index in [1.807, 2.05) is 0 Å². The van der Waals surface area contributed by atoms with Crippen LogP contribution in [0.5, 0.6) is 0 Å². The van der Waals surface area contributed by atoms with Gasteiger partial charge < -0.3 is 10.4 Å². The van der Waals surface area contributed by atoms with Gasteiger partial charge in [0.25, 0.3) is 0 Å². The molecule has 1 amide bonds. The molecule has 0 aromatic carbocycles. The van der Waals surface area contributed by atoms with Crippen LogP contribution in [0, 0.1) is 0 Å². The molecule has 132 valence electrons. The van der Waals surface area contributed by atoms with Crippen molar-refractivity contribution >= 4 is 5.91 Å².